The minimum atomic E-state index is 0.303. The molecule has 0 saturated carbocycles. The second-order valence-electron chi connectivity index (χ2n) is 6.90. The molecule has 21 heavy (non-hydrogen) atoms. The van der Waals surface area contributed by atoms with Gasteiger partial charge in [0.05, 0.1) is 0 Å². The summed E-state index contributed by atoms with van der Waals surface area (Å²) in [6.45, 7) is 13.1. The van der Waals surface area contributed by atoms with Crippen LogP contribution in [0.3, 0.4) is 0 Å². The Bertz CT molecular complexity index is 485. The van der Waals surface area contributed by atoms with Crippen LogP contribution in [0.5, 0.6) is 0 Å². The Balaban J connectivity index is 2.25. The predicted octanol–water partition coefficient (Wildman–Crippen LogP) is 4.82. The fourth-order valence-electron chi connectivity index (χ4n) is 3.06. The summed E-state index contributed by atoms with van der Waals surface area (Å²) in [7, 11) is 0. The number of rotatable bonds is 3. The number of hydrogen-bond acceptors (Lipinski definition) is 3. The van der Waals surface area contributed by atoms with E-state index in [2.05, 4.69) is 37.6 Å². The van der Waals surface area contributed by atoms with Crippen molar-refractivity contribution < 1.29 is 0 Å². The summed E-state index contributed by atoms with van der Waals surface area (Å²) in [5, 5.41) is 0.605. The van der Waals surface area contributed by atoms with Crippen molar-refractivity contribution in [2.24, 2.45) is 11.8 Å². The molecule has 1 unspecified atom stereocenters. The molecular formula is C17H28ClN3. The van der Waals surface area contributed by atoms with Crippen molar-refractivity contribution in [2.75, 3.05) is 18.0 Å². The summed E-state index contributed by atoms with van der Waals surface area (Å²) in [5.41, 5.74) is 1.02. The van der Waals surface area contributed by atoms with Gasteiger partial charge < -0.3 is 4.90 Å². The van der Waals surface area contributed by atoms with Gasteiger partial charge in [0.25, 0.3) is 0 Å². The van der Waals surface area contributed by atoms with E-state index in [0.717, 1.165) is 42.1 Å². The molecule has 0 radical (unpaired) electrons. The highest BCUT2D eigenvalue weighted by atomic mass is 35.5. The molecule has 0 spiro atoms. The quantitative estimate of drug-likeness (QED) is 0.749. The number of nitrogens with zero attached hydrogens (tertiary/aromatic N) is 3. The second kappa shape index (κ2) is 6.95. The lowest BCUT2D eigenvalue weighted by molar-refractivity contribution is 0.351. The minimum absolute atomic E-state index is 0.303. The minimum Gasteiger partial charge on any atom is -0.356 e. The predicted molar refractivity (Wildman–Crippen MR) is 90.3 cm³/mol. The van der Waals surface area contributed by atoms with Crippen LogP contribution < -0.4 is 4.90 Å². The first-order valence-corrected chi connectivity index (χ1v) is 8.57. The first kappa shape index (κ1) is 16.5. The molecule has 1 saturated heterocycles. The zero-order chi connectivity index (χ0) is 15.6. The van der Waals surface area contributed by atoms with Gasteiger partial charge in [0.1, 0.15) is 16.8 Å². The van der Waals surface area contributed by atoms with Gasteiger partial charge in [-0.05, 0) is 38.0 Å². The van der Waals surface area contributed by atoms with Crippen LogP contribution in [0.25, 0.3) is 0 Å². The third kappa shape index (κ3) is 3.88. The van der Waals surface area contributed by atoms with Crippen molar-refractivity contribution in [3.05, 3.63) is 16.5 Å². The van der Waals surface area contributed by atoms with Crippen LogP contribution in [-0.2, 0) is 0 Å². The molecule has 1 atom stereocenters. The molecule has 1 aromatic heterocycles. The molecule has 3 nitrogen and oxygen atoms in total. The maximum Gasteiger partial charge on any atom is 0.137 e. The van der Waals surface area contributed by atoms with Gasteiger partial charge in [-0.2, -0.15) is 0 Å². The van der Waals surface area contributed by atoms with Crippen LogP contribution in [0.2, 0.25) is 5.15 Å². The highest BCUT2D eigenvalue weighted by molar-refractivity contribution is 6.30. The lowest BCUT2D eigenvalue weighted by atomic mass is 9.89. The summed E-state index contributed by atoms with van der Waals surface area (Å²) in [4.78, 5) is 11.6. The van der Waals surface area contributed by atoms with Gasteiger partial charge in [0, 0.05) is 24.6 Å². The first-order chi connectivity index (χ1) is 9.90. The topological polar surface area (TPSA) is 29.0 Å². The monoisotopic (exact) mass is 309 g/mol. The van der Waals surface area contributed by atoms with Crippen molar-refractivity contribution in [1.82, 2.24) is 9.97 Å². The molecule has 0 aliphatic carbocycles. The van der Waals surface area contributed by atoms with Crippen LogP contribution in [0, 0.1) is 18.8 Å². The molecule has 2 heterocycles. The second-order valence-corrected chi connectivity index (χ2v) is 7.26. The Morgan fingerprint density at radius 2 is 1.81 bits per heavy atom. The molecule has 1 aliphatic rings. The van der Waals surface area contributed by atoms with Crippen LogP contribution >= 0.6 is 11.6 Å². The Labute approximate surface area is 134 Å². The van der Waals surface area contributed by atoms with Gasteiger partial charge in [0.15, 0.2) is 0 Å². The Kier molecular flexibility index (Phi) is 5.48. The summed E-state index contributed by atoms with van der Waals surface area (Å²) in [6.07, 6.45) is 3.81. The third-order valence-corrected chi connectivity index (χ3v) is 4.98. The molecule has 118 valence electrons. The van der Waals surface area contributed by atoms with Gasteiger partial charge in [-0.25, -0.2) is 9.97 Å². The molecule has 0 bridgehead atoms. The maximum atomic E-state index is 6.32. The van der Waals surface area contributed by atoms with E-state index in [1.54, 1.807) is 0 Å². The summed E-state index contributed by atoms with van der Waals surface area (Å²) in [6, 6.07) is 0. The normalized spacial score (nSPS) is 20.2. The zero-order valence-electron chi connectivity index (χ0n) is 14.0. The highest BCUT2D eigenvalue weighted by Crippen LogP contribution is 2.30. The number of anilines is 1. The fourth-order valence-corrected chi connectivity index (χ4v) is 3.23. The van der Waals surface area contributed by atoms with Crippen LogP contribution in [0.4, 0.5) is 5.82 Å². The average molecular weight is 310 g/mol. The largest absolute Gasteiger partial charge is 0.356 e. The molecule has 0 amide bonds. The Hall–Kier alpha value is -0.830. The van der Waals surface area contributed by atoms with Gasteiger partial charge in [-0.1, -0.05) is 39.3 Å². The summed E-state index contributed by atoms with van der Waals surface area (Å²) >= 11 is 6.32. The van der Waals surface area contributed by atoms with Crippen molar-refractivity contribution in [1.29, 1.82) is 0 Å². The molecule has 1 fully saturated rings. The van der Waals surface area contributed by atoms with E-state index in [4.69, 9.17) is 16.6 Å². The number of aromatic nitrogens is 2. The van der Waals surface area contributed by atoms with Gasteiger partial charge in [0.2, 0.25) is 0 Å². The SMILES string of the molecule is Cc1c(Cl)nc(C(C)C)nc1N1CCCC(C(C)C)CC1. The fraction of sp³-hybridized carbons (Fsp3) is 0.765. The van der Waals surface area contributed by atoms with E-state index >= 15 is 0 Å². The van der Waals surface area contributed by atoms with E-state index in [1.165, 1.54) is 19.3 Å². The molecular weight excluding hydrogens is 282 g/mol. The van der Waals surface area contributed by atoms with E-state index in [9.17, 15) is 0 Å². The van der Waals surface area contributed by atoms with Crippen molar-refractivity contribution >= 4 is 17.4 Å². The van der Waals surface area contributed by atoms with Gasteiger partial charge in [-0.15, -0.1) is 0 Å². The third-order valence-electron chi connectivity index (χ3n) is 4.61. The van der Waals surface area contributed by atoms with Gasteiger partial charge in [-0.3, -0.25) is 0 Å². The molecule has 2 rings (SSSR count). The summed E-state index contributed by atoms with van der Waals surface area (Å²) in [5.74, 6) is 3.80. The maximum absolute atomic E-state index is 6.32. The van der Waals surface area contributed by atoms with Gasteiger partial charge >= 0.3 is 0 Å². The van der Waals surface area contributed by atoms with Crippen molar-refractivity contribution in [2.45, 2.75) is 59.8 Å². The highest BCUT2D eigenvalue weighted by Gasteiger charge is 2.23. The number of hydrogen-bond donors (Lipinski definition) is 0. The first-order valence-electron chi connectivity index (χ1n) is 8.19. The van der Waals surface area contributed by atoms with Crippen LogP contribution in [-0.4, -0.2) is 23.1 Å². The molecule has 0 aromatic carbocycles. The molecule has 4 heteroatoms. The lowest BCUT2D eigenvalue weighted by Crippen LogP contribution is -2.27. The van der Waals surface area contributed by atoms with Crippen LogP contribution in [0.15, 0.2) is 0 Å². The molecule has 1 aliphatic heterocycles. The van der Waals surface area contributed by atoms with E-state index in [1.807, 2.05) is 6.92 Å². The average Bonchev–Trinajstić information content (AvgIpc) is 2.67. The smallest absolute Gasteiger partial charge is 0.137 e. The van der Waals surface area contributed by atoms with E-state index in [0.29, 0.717) is 11.1 Å². The standard InChI is InChI=1S/C17H28ClN3/c1-11(2)14-7-6-9-21(10-8-14)17-13(5)15(18)19-16(20-17)12(3)4/h11-12,14H,6-10H2,1-5H3. The lowest BCUT2D eigenvalue weighted by Gasteiger charge is -2.25. The van der Waals surface area contributed by atoms with Crippen molar-refractivity contribution in [3.63, 3.8) is 0 Å². The molecule has 0 N–H and O–H groups in total. The number of halogens is 1. The van der Waals surface area contributed by atoms with Crippen LogP contribution in [0.1, 0.15) is 64.3 Å². The Morgan fingerprint density at radius 3 is 2.43 bits per heavy atom. The summed E-state index contributed by atoms with van der Waals surface area (Å²) < 4.78 is 0. The Morgan fingerprint density at radius 1 is 1.10 bits per heavy atom. The van der Waals surface area contributed by atoms with E-state index < -0.39 is 0 Å². The van der Waals surface area contributed by atoms with Crippen molar-refractivity contribution in [3.8, 4) is 0 Å². The zero-order valence-corrected chi connectivity index (χ0v) is 14.7. The van der Waals surface area contributed by atoms with E-state index in [-0.39, 0.29) is 0 Å². The molecule has 1 aromatic rings.